The zero-order valence-corrected chi connectivity index (χ0v) is 9.84. The van der Waals surface area contributed by atoms with E-state index in [1.807, 2.05) is 0 Å². The van der Waals surface area contributed by atoms with Gasteiger partial charge in [-0.3, -0.25) is 4.79 Å². The van der Waals surface area contributed by atoms with Gasteiger partial charge in [0.1, 0.15) is 0 Å². The van der Waals surface area contributed by atoms with E-state index in [-0.39, 0.29) is 12.2 Å². The number of carboxylic acid groups (broad SMARTS) is 1. The van der Waals surface area contributed by atoms with E-state index >= 15 is 0 Å². The fourth-order valence-electron chi connectivity index (χ4n) is 1.35. The molecular weight excluding hydrogens is 265 g/mol. The predicted molar refractivity (Wildman–Crippen MR) is 61.0 cm³/mol. The highest BCUT2D eigenvalue weighted by atomic mass is 19.4. The van der Waals surface area contributed by atoms with Crippen molar-refractivity contribution < 1.29 is 27.9 Å². The van der Waals surface area contributed by atoms with Crippen molar-refractivity contribution in [2.24, 2.45) is 0 Å². The number of hydrogen-bond acceptors (Lipinski definition) is 3. The summed E-state index contributed by atoms with van der Waals surface area (Å²) in [6.45, 7) is -0.0986. The lowest BCUT2D eigenvalue weighted by Crippen LogP contribution is -2.25. The molecule has 0 aromatic heterocycles. The maximum absolute atomic E-state index is 12.6. The number of nitrogens with one attached hydrogen (secondary N) is 2. The Morgan fingerprint density at radius 1 is 1.26 bits per heavy atom. The number of benzene rings is 1. The number of hydrogen-bond donors (Lipinski definition) is 3. The highest BCUT2D eigenvalue weighted by Gasteiger charge is 2.32. The van der Waals surface area contributed by atoms with E-state index in [4.69, 9.17) is 5.11 Å². The third-order valence-corrected chi connectivity index (χ3v) is 2.13. The molecule has 104 valence electrons. The molecule has 0 fully saturated rings. The summed E-state index contributed by atoms with van der Waals surface area (Å²) < 4.78 is 37.7. The summed E-state index contributed by atoms with van der Waals surface area (Å²) in [4.78, 5) is 22.0. The second-order valence-corrected chi connectivity index (χ2v) is 3.68. The van der Waals surface area contributed by atoms with Crippen molar-refractivity contribution in [3.8, 4) is 0 Å². The van der Waals surface area contributed by atoms with E-state index in [0.717, 1.165) is 6.07 Å². The summed E-state index contributed by atoms with van der Waals surface area (Å²) in [6, 6.07) is 2.15. The molecule has 8 heteroatoms. The molecule has 0 atom stereocenters. The molecule has 1 aromatic rings. The van der Waals surface area contributed by atoms with Gasteiger partial charge in [-0.2, -0.15) is 13.2 Å². The lowest BCUT2D eigenvalue weighted by atomic mass is 10.1. The molecule has 5 nitrogen and oxygen atoms in total. The largest absolute Gasteiger partial charge is 0.478 e. The Bertz CT molecular complexity index is 500. The van der Waals surface area contributed by atoms with E-state index in [0.29, 0.717) is 12.1 Å². The molecular formula is C11H11F3N2O3. The average molecular weight is 276 g/mol. The molecule has 0 aliphatic heterocycles. The zero-order chi connectivity index (χ0) is 14.6. The van der Waals surface area contributed by atoms with Crippen molar-refractivity contribution in [3.05, 3.63) is 29.3 Å². The van der Waals surface area contributed by atoms with Gasteiger partial charge in [-0.1, -0.05) is 0 Å². The second-order valence-electron chi connectivity index (χ2n) is 3.68. The fourth-order valence-corrected chi connectivity index (χ4v) is 1.35. The Morgan fingerprint density at radius 3 is 2.37 bits per heavy atom. The van der Waals surface area contributed by atoms with Crippen LogP contribution < -0.4 is 10.6 Å². The Morgan fingerprint density at radius 2 is 1.89 bits per heavy atom. The van der Waals surface area contributed by atoms with Gasteiger partial charge in [-0.05, 0) is 25.2 Å². The van der Waals surface area contributed by atoms with Gasteiger partial charge in [0.05, 0.1) is 17.7 Å². The number of likely N-dealkylation sites (N-methyl/N-ethyl adjacent to an activating group) is 1. The number of rotatable bonds is 4. The van der Waals surface area contributed by atoms with Crippen LogP contribution in [0.25, 0.3) is 0 Å². The maximum Gasteiger partial charge on any atom is 0.416 e. The minimum absolute atomic E-state index is 0.0986. The second kappa shape index (κ2) is 5.70. The van der Waals surface area contributed by atoms with Crippen LogP contribution in [0.1, 0.15) is 15.9 Å². The maximum atomic E-state index is 12.6. The molecule has 0 heterocycles. The van der Waals surface area contributed by atoms with Crippen LogP contribution >= 0.6 is 0 Å². The van der Waals surface area contributed by atoms with E-state index in [9.17, 15) is 22.8 Å². The lowest BCUT2D eigenvalue weighted by molar-refractivity contribution is -0.137. The highest BCUT2D eigenvalue weighted by Crippen LogP contribution is 2.32. The number of anilines is 1. The van der Waals surface area contributed by atoms with Crippen molar-refractivity contribution in [2.75, 3.05) is 18.9 Å². The van der Waals surface area contributed by atoms with Crippen LogP contribution in [0, 0.1) is 0 Å². The standard InChI is InChI=1S/C11H11F3N2O3/c1-15-5-9(17)16-8-3-6(10(18)19)2-7(4-8)11(12,13)14/h2-4,15H,5H2,1H3,(H,16,17)(H,18,19). The van der Waals surface area contributed by atoms with E-state index in [1.165, 1.54) is 7.05 Å². The molecule has 0 saturated heterocycles. The highest BCUT2D eigenvalue weighted by molar-refractivity contribution is 5.95. The minimum Gasteiger partial charge on any atom is -0.478 e. The topological polar surface area (TPSA) is 78.4 Å². The van der Waals surface area contributed by atoms with Gasteiger partial charge >= 0.3 is 12.1 Å². The van der Waals surface area contributed by atoms with Crippen molar-refractivity contribution in [2.45, 2.75) is 6.18 Å². The third-order valence-electron chi connectivity index (χ3n) is 2.13. The van der Waals surface area contributed by atoms with E-state index in [1.54, 1.807) is 0 Å². The molecule has 1 rings (SSSR count). The van der Waals surface area contributed by atoms with Crippen LogP contribution in [0.5, 0.6) is 0 Å². The molecule has 0 unspecified atom stereocenters. The van der Waals surface area contributed by atoms with Crippen molar-refractivity contribution >= 4 is 17.6 Å². The van der Waals surface area contributed by atoms with Gasteiger partial charge in [0.15, 0.2) is 0 Å². The first-order valence-electron chi connectivity index (χ1n) is 5.14. The first kappa shape index (κ1) is 15.0. The quantitative estimate of drug-likeness (QED) is 0.780. The minimum atomic E-state index is -4.69. The Kier molecular flexibility index (Phi) is 4.49. The fraction of sp³-hybridized carbons (Fsp3) is 0.273. The molecule has 0 radical (unpaired) electrons. The molecule has 0 aliphatic rings. The number of carbonyl (C=O) groups is 2. The summed E-state index contributed by atoms with van der Waals surface area (Å²) in [5, 5.41) is 13.4. The molecule has 1 aromatic carbocycles. The monoisotopic (exact) mass is 276 g/mol. The number of alkyl halides is 3. The van der Waals surface area contributed by atoms with E-state index < -0.39 is 29.2 Å². The molecule has 0 aliphatic carbocycles. The van der Waals surface area contributed by atoms with Gasteiger partial charge in [-0.15, -0.1) is 0 Å². The molecule has 0 bridgehead atoms. The van der Waals surface area contributed by atoms with Crippen molar-refractivity contribution in [1.82, 2.24) is 5.32 Å². The van der Waals surface area contributed by atoms with Gasteiger partial charge in [-0.25, -0.2) is 4.79 Å². The molecule has 0 spiro atoms. The number of carbonyl (C=O) groups excluding carboxylic acids is 1. The number of aromatic carboxylic acids is 1. The Hall–Kier alpha value is -2.09. The van der Waals surface area contributed by atoms with Gasteiger partial charge < -0.3 is 15.7 Å². The van der Waals surface area contributed by atoms with Crippen molar-refractivity contribution in [3.63, 3.8) is 0 Å². The Labute approximate surface area is 106 Å². The SMILES string of the molecule is CNCC(=O)Nc1cc(C(=O)O)cc(C(F)(F)F)c1. The number of carboxylic acids is 1. The van der Waals surface area contributed by atoms with Gasteiger partial charge in [0.2, 0.25) is 5.91 Å². The summed E-state index contributed by atoms with van der Waals surface area (Å²) in [7, 11) is 1.49. The van der Waals surface area contributed by atoms with Crippen molar-refractivity contribution in [1.29, 1.82) is 0 Å². The van der Waals surface area contributed by atoms with Crippen LogP contribution in [0.4, 0.5) is 18.9 Å². The predicted octanol–water partition coefficient (Wildman–Crippen LogP) is 1.56. The third kappa shape index (κ3) is 4.25. The summed E-state index contributed by atoms with van der Waals surface area (Å²) >= 11 is 0. The van der Waals surface area contributed by atoms with Crippen LogP contribution in [-0.2, 0) is 11.0 Å². The first-order chi connectivity index (χ1) is 8.74. The summed E-state index contributed by atoms with van der Waals surface area (Å²) in [6.07, 6.45) is -4.69. The van der Waals surface area contributed by atoms with Crippen LogP contribution in [0.15, 0.2) is 18.2 Å². The van der Waals surface area contributed by atoms with Crippen LogP contribution in [-0.4, -0.2) is 30.6 Å². The zero-order valence-electron chi connectivity index (χ0n) is 9.84. The Balaban J connectivity index is 3.14. The normalized spacial score (nSPS) is 11.2. The average Bonchev–Trinajstić information content (AvgIpc) is 2.27. The summed E-state index contributed by atoms with van der Waals surface area (Å²) in [5.41, 5.74) is -1.89. The molecule has 19 heavy (non-hydrogen) atoms. The van der Waals surface area contributed by atoms with Crippen LogP contribution in [0.3, 0.4) is 0 Å². The first-order valence-corrected chi connectivity index (χ1v) is 5.14. The molecule has 0 saturated carbocycles. The number of amides is 1. The summed E-state index contributed by atoms with van der Waals surface area (Å²) in [5.74, 6) is -2.08. The van der Waals surface area contributed by atoms with Gasteiger partial charge in [0, 0.05) is 5.69 Å². The van der Waals surface area contributed by atoms with Crippen LogP contribution in [0.2, 0.25) is 0 Å². The smallest absolute Gasteiger partial charge is 0.416 e. The van der Waals surface area contributed by atoms with E-state index in [2.05, 4.69) is 10.6 Å². The number of halogens is 3. The molecule has 3 N–H and O–H groups in total. The lowest BCUT2D eigenvalue weighted by Gasteiger charge is -2.11. The van der Waals surface area contributed by atoms with Gasteiger partial charge in [0.25, 0.3) is 0 Å². The molecule has 1 amide bonds.